The number of fused-ring (bicyclic) bond motifs is 2. The lowest BCUT2D eigenvalue weighted by molar-refractivity contribution is 0.0674. The predicted molar refractivity (Wildman–Crippen MR) is 90.2 cm³/mol. The van der Waals surface area contributed by atoms with Crippen molar-refractivity contribution in [1.29, 1.82) is 0 Å². The maximum absolute atomic E-state index is 13.0. The lowest BCUT2D eigenvalue weighted by Crippen LogP contribution is -2.41. The Morgan fingerprint density at radius 3 is 2.96 bits per heavy atom. The van der Waals surface area contributed by atoms with Crippen LogP contribution in [0.25, 0.3) is 0 Å². The van der Waals surface area contributed by atoms with E-state index in [0.717, 1.165) is 43.5 Å². The van der Waals surface area contributed by atoms with Crippen LogP contribution in [0.3, 0.4) is 0 Å². The van der Waals surface area contributed by atoms with Crippen molar-refractivity contribution >= 4 is 5.91 Å². The summed E-state index contributed by atoms with van der Waals surface area (Å²) in [5, 5.41) is 12.1. The molecule has 0 aromatic carbocycles. The van der Waals surface area contributed by atoms with Gasteiger partial charge in [0.15, 0.2) is 5.82 Å². The van der Waals surface area contributed by atoms with Crippen LogP contribution >= 0.6 is 0 Å². The van der Waals surface area contributed by atoms with E-state index in [9.17, 15) is 4.79 Å². The molecule has 1 N–H and O–H groups in total. The zero-order chi connectivity index (χ0) is 17.0. The van der Waals surface area contributed by atoms with Gasteiger partial charge in [-0.3, -0.25) is 4.79 Å². The fourth-order valence-electron chi connectivity index (χ4n) is 3.97. The number of carbonyl (C=O) groups excluding carboxylic acids is 1. The van der Waals surface area contributed by atoms with Gasteiger partial charge in [0, 0.05) is 44.7 Å². The number of nitrogens with one attached hydrogen (secondary N) is 1. The topological polar surface area (TPSA) is 80.9 Å². The second-order valence-electron chi connectivity index (χ2n) is 7.39. The summed E-state index contributed by atoms with van der Waals surface area (Å²) < 4.78 is 4.35. The molecule has 2 aliphatic heterocycles. The van der Waals surface area contributed by atoms with Crippen molar-refractivity contribution in [1.82, 2.24) is 34.5 Å². The number of nitrogens with zero attached hydrogens (tertiary/aromatic N) is 6. The summed E-state index contributed by atoms with van der Waals surface area (Å²) in [7, 11) is 0. The molecule has 0 saturated heterocycles. The molecule has 0 bridgehead atoms. The highest BCUT2D eigenvalue weighted by Gasteiger charge is 2.36. The highest BCUT2D eigenvalue weighted by molar-refractivity contribution is 5.92. The van der Waals surface area contributed by atoms with Crippen LogP contribution in [-0.4, -0.2) is 54.8 Å². The minimum absolute atomic E-state index is 0.00241. The molecule has 4 heterocycles. The average molecular weight is 341 g/mol. The SMILES string of the molecule is C[C@H]1CN(C(=O)c2cn3c(n2)CCNCC3)Cc2nnc(C3CC3)n21. The molecule has 0 unspecified atom stereocenters. The quantitative estimate of drug-likeness (QED) is 0.870. The van der Waals surface area contributed by atoms with E-state index in [0.29, 0.717) is 24.7 Å². The number of aromatic nitrogens is 5. The van der Waals surface area contributed by atoms with Gasteiger partial charge in [-0.05, 0) is 19.8 Å². The van der Waals surface area contributed by atoms with Gasteiger partial charge in [-0.15, -0.1) is 10.2 Å². The van der Waals surface area contributed by atoms with Gasteiger partial charge in [0.2, 0.25) is 0 Å². The third kappa shape index (κ3) is 2.55. The highest BCUT2D eigenvalue weighted by atomic mass is 16.2. The molecule has 1 amide bonds. The van der Waals surface area contributed by atoms with E-state index in [1.165, 1.54) is 12.8 Å². The van der Waals surface area contributed by atoms with Crippen LogP contribution in [0.5, 0.6) is 0 Å². The summed E-state index contributed by atoms with van der Waals surface area (Å²) in [5.74, 6) is 3.58. The lowest BCUT2D eigenvalue weighted by atomic mass is 10.2. The molecule has 25 heavy (non-hydrogen) atoms. The third-order valence-corrected chi connectivity index (χ3v) is 5.41. The van der Waals surface area contributed by atoms with Crippen LogP contribution in [0.2, 0.25) is 0 Å². The smallest absolute Gasteiger partial charge is 0.274 e. The fraction of sp³-hybridized carbons (Fsp3) is 0.647. The summed E-state index contributed by atoms with van der Waals surface area (Å²) in [6.45, 7) is 6.06. The molecule has 0 spiro atoms. The number of carbonyl (C=O) groups is 1. The number of imidazole rings is 1. The molecule has 8 heteroatoms. The first-order chi connectivity index (χ1) is 12.2. The van der Waals surface area contributed by atoms with E-state index < -0.39 is 0 Å². The first kappa shape index (κ1) is 15.1. The first-order valence-corrected chi connectivity index (χ1v) is 9.20. The molecule has 132 valence electrons. The van der Waals surface area contributed by atoms with Crippen molar-refractivity contribution in [3.8, 4) is 0 Å². The summed E-state index contributed by atoms with van der Waals surface area (Å²) in [5.41, 5.74) is 0.555. The molecule has 8 nitrogen and oxygen atoms in total. The number of hydrogen-bond acceptors (Lipinski definition) is 5. The molecule has 5 rings (SSSR count). The highest BCUT2D eigenvalue weighted by Crippen LogP contribution is 2.41. The van der Waals surface area contributed by atoms with Gasteiger partial charge in [0.1, 0.15) is 17.3 Å². The molecule has 1 atom stereocenters. The van der Waals surface area contributed by atoms with E-state index in [1.54, 1.807) is 0 Å². The van der Waals surface area contributed by atoms with Gasteiger partial charge in [-0.1, -0.05) is 0 Å². The van der Waals surface area contributed by atoms with Crippen molar-refractivity contribution in [3.05, 3.63) is 29.4 Å². The summed E-state index contributed by atoms with van der Waals surface area (Å²) >= 11 is 0. The Labute approximate surface area is 146 Å². The normalized spacial score (nSPS) is 23.1. The third-order valence-electron chi connectivity index (χ3n) is 5.41. The van der Waals surface area contributed by atoms with Crippen LogP contribution in [-0.2, 0) is 19.5 Å². The monoisotopic (exact) mass is 341 g/mol. The van der Waals surface area contributed by atoms with Crippen molar-refractivity contribution in [2.24, 2.45) is 0 Å². The molecule has 0 radical (unpaired) electrons. The molecule has 3 aliphatic rings. The van der Waals surface area contributed by atoms with Crippen molar-refractivity contribution in [2.45, 2.75) is 51.2 Å². The van der Waals surface area contributed by atoms with E-state index in [4.69, 9.17) is 0 Å². The van der Waals surface area contributed by atoms with Gasteiger partial charge in [-0.25, -0.2) is 4.98 Å². The summed E-state index contributed by atoms with van der Waals surface area (Å²) in [6.07, 6.45) is 5.19. The van der Waals surface area contributed by atoms with E-state index in [2.05, 4.69) is 36.6 Å². The molecule has 1 fully saturated rings. The van der Waals surface area contributed by atoms with Gasteiger partial charge >= 0.3 is 0 Å². The van der Waals surface area contributed by atoms with Gasteiger partial charge in [-0.2, -0.15) is 0 Å². The van der Waals surface area contributed by atoms with E-state index in [1.807, 2.05) is 11.1 Å². The predicted octanol–water partition coefficient (Wildman–Crippen LogP) is 0.715. The summed E-state index contributed by atoms with van der Waals surface area (Å²) in [6, 6.07) is 0.211. The zero-order valence-electron chi connectivity index (χ0n) is 14.5. The van der Waals surface area contributed by atoms with Crippen molar-refractivity contribution in [2.75, 3.05) is 19.6 Å². The van der Waals surface area contributed by atoms with Gasteiger partial charge in [0.05, 0.1) is 12.6 Å². The van der Waals surface area contributed by atoms with Crippen LogP contribution in [0.15, 0.2) is 6.20 Å². The zero-order valence-corrected chi connectivity index (χ0v) is 14.5. The fourth-order valence-corrected chi connectivity index (χ4v) is 3.97. The second-order valence-corrected chi connectivity index (χ2v) is 7.39. The minimum atomic E-state index is 0.00241. The second kappa shape index (κ2) is 5.66. The minimum Gasteiger partial charge on any atom is -0.333 e. The molecular formula is C17H23N7O. The largest absolute Gasteiger partial charge is 0.333 e. The standard InChI is InChI=1S/C17H23N7O/c1-11-8-23(10-15-20-21-16(24(11)15)12-2-3-12)17(25)13-9-22-7-6-18-5-4-14(22)19-13/h9,11-12,18H,2-8,10H2,1H3/t11-/m0/s1. The van der Waals surface area contributed by atoms with Crippen molar-refractivity contribution < 1.29 is 4.79 Å². The maximum Gasteiger partial charge on any atom is 0.274 e. The molecular weight excluding hydrogens is 318 g/mol. The Morgan fingerprint density at radius 1 is 1.24 bits per heavy atom. The van der Waals surface area contributed by atoms with Crippen LogP contribution in [0.1, 0.15) is 59.7 Å². The van der Waals surface area contributed by atoms with E-state index in [-0.39, 0.29) is 11.9 Å². The number of hydrogen-bond donors (Lipinski definition) is 1. The lowest BCUT2D eigenvalue weighted by Gasteiger charge is -2.32. The average Bonchev–Trinajstić information content (AvgIpc) is 3.30. The Hall–Kier alpha value is -2.22. The van der Waals surface area contributed by atoms with Gasteiger partial charge in [0.25, 0.3) is 5.91 Å². The number of amides is 1. The molecule has 1 aliphatic carbocycles. The molecule has 2 aromatic heterocycles. The molecule has 2 aromatic rings. The van der Waals surface area contributed by atoms with Gasteiger partial charge < -0.3 is 19.4 Å². The first-order valence-electron chi connectivity index (χ1n) is 9.20. The maximum atomic E-state index is 13.0. The summed E-state index contributed by atoms with van der Waals surface area (Å²) in [4.78, 5) is 19.5. The Kier molecular flexibility index (Phi) is 3.41. The van der Waals surface area contributed by atoms with Crippen LogP contribution < -0.4 is 5.32 Å². The Balaban J connectivity index is 1.39. The van der Waals surface area contributed by atoms with E-state index >= 15 is 0 Å². The van der Waals surface area contributed by atoms with Crippen LogP contribution in [0.4, 0.5) is 0 Å². The molecule has 1 saturated carbocycles. The Bertz CT molecular complexity index is 796. The Morgan fingerprint density at radius 2 is 2.12 bits per heavy atom. The van der Waals surface area contributed by atoms with Crippen LogP contribution in [0, 0.1) is 0 Å². The number of rotatable bonds is 2. The van der Waals surface area contributed by atoms with Crippen molar-refractivity contribution in [3.63, 3.8) is 0 Å².